The Morgan fingerprint density at radius 3 is 1.93 bits per heavy atom. The summed E-state index contributed by atoms with van der Waals surface area (Å²) in [7, 11) is 0. The molecule has 0 aliphatic carbocycles. The van der Waals surface area contributed by atoms with Crippen molar-refractivity contribution in [2.75, 3.05) is 0 Å². The molecule has 0 bridgehead atoms. The Hall–Kier alpha value is -5.94. The van der Waals surface area contributed by atoms with Crippen LogP contribution in [0.4, 0.5) is 0 Å². The van der Waals surface area contributed by atoms with Crippen LogP contribution < -0.4 is 0 Å². The van der Waals surface area contributed by atoms with Gasteiger partial charge < -0.3 is 4.42 Å². The molecule has 3 heterocycles. The van der Waals surface area contributed by atoms with Gasteiger partial charge in [-0.15, -0.1) is 0 Å². The van der Waals surface area contributed by atoms with Crippen LogP contribution in [-0.2, 0) is 0 Å². The van der Waals surface area contributed by atoms with Crippen LogP contribution in [0.25, 0.3) is 88.4 Å². The van der Waals surface area contributed by atoms with E-state index in [1.807, 2.05) is 54.7 Å². The minimum Gasteiger partial charge on any atom is -0.454 e. The Morgan fingerprint density at radius 2 is 1.07 bits per heavy atom. The van der Waals surface area contributed by atoms with E-state index in [4.69, 9.17) is 19.4 Å². The van der Waals surface area contributed by atoms with Crippen LogP contribution in [0.3, 0.4) is 0 Å². The number of aromatic nitrogens is 4. The Balaban J connectivity index is 1.27. The molecule has 200 valence electrons. The number of rotatable bonds is 3. The molecular formula is C38H22N4O. The number of pyridine rings is 1. The highest BCUT2D eigenvalue weighted by atomic mass is 16.3. The summed E-state index contributed by atoms with van der Waals surface area (Å²) in [4.78, 5) is 19.5. The van der Waals surface area contributed by atoms with Crippen molar-refractivity contribution in [3.8, 4) is 34.2 Å². The van der Waals surface area contributed by atoms with Gasteiger partial charge in [-0.1, -0.05) is 109 Å². The Bertz CT molecular complexity index is 2520. The molecule has 0 saturated heterocycles. The second-order valence-corrected chi connectivity index (χ2v) is 10.7. The average molecular weight is 551 g/mol. The zero-order valence-electron chi connectivity index (χ0n) is 22.9. The molecule has 0 N–H and O–H groups in total. The summed E-state index contributed by atoms with van der Waals surface area (Å²) in [6.07, 6.45) is 3.56. The number of hydrogen-bond donors (Lipinski definition) is 0. The summed E-state index contributed by atoms with van der Waals surface area (Å²) in [6.45, 7) is 0. The monoisotopic (exact) mass is 550 g/mol. The first-order chi connectivity index (χ1) is 21.3. The van der Waals surface area contributed by atoms with Crippen LogP contribution in [0.1, 0.15) is 0 Å². The molecule has 5 heteroatoms. The van der Waals surface area contributed by atoms with Crippen LogP contribution in [0, 0.1) is 0 Å². The maximum absolute atomic E-state index is 6.12. The largest absolute Gasteiger partial charge is 0.454 e. The quantitative estimate of drug-likeness (QED) is 0.205. The molecule has 6 aromatic carbocycles. The molecule has 0 unspecified atom stereocenters. The highest BCUT2D eigenvalue weighted by Crippen LogP contribution is 2.37. The minimum absolute atomic E-state index is 0.554. The lowest BCUT2D eigenvalue weighted by molar-refractivity contribution is 0.667. The van der Waals surface area contributed by atoms with Crippen molar-refractivity contribution in [1.82, 2.24) is 19.9 Å². The van der Waals surface area contributed by atoms with E-state index in [9.17, 15) is 0 Å². The van der Waals surface area contributed by atoms with Crippen LogP contribution in [0.2, 0.25) is 0 Å². The molecule has 3 aromatic heterocycles. The van der Waals surface area contributed by atoms with Crippen molar-refractivity contribution in [2.24, 2.45) is 0 Å². The van der Waals surface area contributed by atoms with Gasteiger partial charge in [0.25, 0.3) is 0 Å². The van der Waals surface area contributed by atoms with E-state index in [-0.39, 0.29) is 0 Å². The summed E-state index contributed by atoms with van der Waals surface area (Å²) in [5, 5.41) is 9.26. The first-order valence-corrected chi connectivity index (χ1v) is 14.2. The topological polar surface area (TPSA) is 64.7 Å². The molecule has 0 atom stereocenters. The molecule has 0 aliphatic rings. The number of para-hydroxylation sites is 1. The van der Waals surface area contributed by atoms with Crippen LogP contribution in [-0.4, -0.2) is 19.9 Å². The fraction of sp³-hybridized carbons (Fsp3) is 0. The highest BCUT2D eigenvalue weighted by Gasteiger charge is 2.18. The van der Waals surface area contributed by atoms with E-state index < -0.39 is 0 Å². The van der Waals surface area contributed by atoms with Gasteiger partial charge in [0.2, 0.25) is 0 Å². The first-order valence-electron chi connectivity index (χ1n) is 14.2. The lowest BCUT2D eigenvalue weighted by Crippen LogP contribution is -2.00. The van der Waals surface area contributed by atoms with Crippen LogP contribution in [0.15, 0.2) is 138 Å². The van der Waals surface area contributed by atoms with Crippen molar-refractivity contribution in [1.29, 1.82) is 0 Å². The molecule has 0 radical (unpaired) electrons. The molecule has 9 rings (SSSR count). The molecule has 0 aliphatic heterocycles. The minimum atomic E-state index is 0.554. The molecule has 9 aromatic rings. The zero-order valence-corrected chi connectivity index (χ0v) is 22.9. The first kappa shape index (κ1) is 23.7. The Labute approximate surface area is 246 Å². The van der Waals surface area contributed by atoms with Gasteiger partial charge in [0, 0.05) is 33.7 Å². The molecule has 0 amide bonds. The maximum Gasteiger partial charge on any atom is 0.166 e. The van der Waals surface area contributed by atoms with Gasteiger partial charge in [0.05, 0.1) is 6.20 Å². The zero-order chi connectivity index (χ0) is 28.3. The van der Waals surface area contributed by atoms with E-state index in [1.165, 1.54) is 26.9 Å². The van der Waals surface area contributed by atoms with Gasteiger partial charge in [-0.3, -0.25) is 4.98 Å². The normalized spacial score (nSPS) is 11.7. The van der Waals surface area contributed by atoms with Gasteiger partial charge in [0.15, 0.2) is 23.1 Å². The third-order valence-electron chi connectivity index (χ3n) is 8.20. The van der Waals surface area contributed by atoms with Gasteiger partial charge in [0.1, 0.15) is 5.58 Å². The second kappa shape index (κ2) is 9.29. The van der Waals surface area contributed by atoms with Crippen molar-refractivity contribution >= 4 is 54.3 Å². The van der Waals surface area contributed by atoms with E-state index in [0.717, 1.165) is 38.4 Å². The number of nitrogens with zero attached hydrogens (tertiary/aromatic N) is 4. The Kier molecular flexibility index (Phi) is 5.13. The van der Waals surface area contributed by atoms with Gasteiger partial charge >= 0.3 is 0 Å². The van der Waals surface area contributed by atoms with Gasteiger partial charge in [-0.05, 0) is 44.5 Å². The fourth-order valence-electron chi connectivity index (χ4n) is 6.16. The third-order valence-corrected chi connectivity index (χ3v) is 8.20. The highest BCUT2D eigenvalue weighted by molar-refractivity contribution is 6.17. The second-order valence-electron chi connectivity index (χ2n) is 10.7. The van der Waals surface area contributed by atoms with Crippen molar-refractivity contribution in [3.63, 3.8) is 0 Å². The lowest BCUT2D eigenvalue weighted by Gasteiger charge is -2.11. The summed E-state index contributed by atoms with van der Waals surface area (Å²) >= 11 is 0. The van der Waals surface area contributed by atoms with Crippen LogP contribution >= 0.6 is 0 Å². The molecule has 0 saturated carbocycles. The summed E-state index contributed by atoms with van der Waals surface area (Å²) in [5.74, 6) is 1.77. The molecule has 5 nitrogen and oxygen atoms in total. The predicted molar refractivity (Wildman–Crippen MR) is 174 cm³/mol. The van der Waals surface area contributed by atoms with Crippen molar-refractivity contribution in [2.45, 2.75) is 0 Å². The number of fused-ring (bicyclic) bond motifs is 8. The lowest BCUT2D eigenvalue weighted by atomic mass is 9.96. The average Bonchev–Trinajstić information content (AvgIpc) is 3.47. The van der Waals surface area contributed by atoms with Crippen molar-refractivity contribution < 1.29 is 4.42 Å². The Morgan fingerprint density at radius 1 is 0.419 bits per heavy atom. The predicted octanol–water partition coefficient (Wildman–Crippen LogP) is 9.63. The van der Waals surface area contributed by atoms with E-state index in [1.54, 1.807) is 6.20 Å². The smallest absolute Gasteiger partial charge is 0.166 e. The van der Waals surface area contributed by atoms with Gasteiger partial charge in [-0.25, -0.2) is 15.0 Å². The molecule has 0 spiro atoms. The number of hydrogen-bond acceptors (Lipinski definition) is 5. The van der Waals surface area contributed by atoms with Crippen LogP contribution in [0.5, 0.6) is 0 Å². The van der Waals surface area contributed by atoms with E-state index in [2.05, 4.69) is 77.8 Å². The number of benzene rings is 6. The third kappa shape index (κ3) is 3.79. The molecule has 0 fully saturated rings. The summed E-state index contributed by atoms with van der Waals surface area (Å²) in [6, 6.07) is 41.8. The fourth-order valence-corrected chi connectivity index (χ4v) is 6.16. The number of furan rings is 1. The maximum atomic E-state index is 6.12. The standard InChI is InChI=1S/C38H22N4O/c1-2-9-24(10-3-1)36-40-37(42-38(41-36)32-21-39-22-34-35(32)31-12-6-7-13-33(31)43-34)26-16-17-28-25(20-26)15-19-29-27-11-5-4-8-23(27)14-18-30(28)29/h1-22H. The van der Waals surface area contributed by atoms with Crippen molar-refractivity contribution in [3.05, 3.63) is 134 Å². The molecule has 43 heavy (non-hydrogen) atoms. The van der Waals surface area contributed by atoms with E-state index >= 15 is 0 Å². The SMILES string of the molecule is c1ccc(-c2nc(-c3ccc4c(ccc5c6ccccc6ccc45)c3)nc(-c3cncc4oc5ccccc5c34)n2)cc1. The summed E-state index contributed by atoms with van der Waals surface area (Å²) < 4.78 is 6.12. The summed E-state index contributed by atoms with van der Waals surface area (Å²) in [5.41, 5.74) is 4.15. The van der Waals surface area contributed by atoms with Gasteiger partial charge in [-0.2, -0.15) is 0 Å². The van der Waals surface area contributed by atoms with E-state index in [0.29, 0.717) is 23.1 Å². The molecular weight excluding hydrogens is 528 g/mol.